The number of morpholine rings is 1. The minimum atomic E-state index is -0.519. The van der Waals surface area contributed by atoms with Crippen LogP contribution in [0.15, 0.2) is 21.5 Å². The molecule has 0 spiro atoms. The van der Waals surface area contributed by atoms with Crippen molar-refractivity contribution in [1.82, 2.24) is 9.80 Å². The fraction of sp³-hybridized carbons (Fsp3) is 0.353. The van der Waals surface area contributed by atoms with Crippen molar-refractivity contribution < 1.29 is 29.0 Å². The molecular formula is C17H17BrN2O6S. The topological polar surface area (TPSA) is 96.4 Å². The number of ether oxygens (including phenoxy) is 2. The molecule has 1 aromatic carbocycles. The number of halogens is 1. The van der Waals surface area contributed by atoms with E-state index in [1.54, 1.807) is 17.0 Å². The fourth-order valence-corrected chi connectivity index (χ4v) is 3.97. The smallest absolute Gasteiger partial charge is 0.294 e. The number of methoxy groups -OCH3 is 1. The molecule has 3 rings (SSSR count). The molecule has 0 radical (unpaired) electrons. The predicted octanol–water partition coefficient (Wildman–Crippen LogP) is 2.06. The fourth-order valence-electron chi connectivity index (χ4n) is 2.67. The van der Waals surface area contributed by atoms with Crippen LogP contribution in [-0.2, 0) is 14.3 Å². The Morgan fingerprint density at radius 2 is 2.07 bits per heavy atom. The lowest BCUT2D eigenvalue weighted by Gasteiger charge is -2.28. The lowest BCUT2D eigenvalue weighted by molar-refractivity contribution is -0.139. The van der Waals surface area contributed by atoms with Crippen LogP contribution < -0.4 is 4.74 Å². The number of hydrogen-bond acceptors (Lipinski definition) is 7. The van der Waals surface area contributed by atoms with Crippen LogP contribution in [0.4, 0.5) is 4.79 Å². The molecule has 27 heavy (non-hydrogen) atoms. The summed E-state index contributed by atoms with van der Waals surface area (Å²) < 4.78 is 10.7. The van der Waals surface area contributed by atoms with Gasteiger partial charge in [-0.3, -0.25) is 19.3 Å². The number of phenols is 1. The molecule has 0 atom stereocenters. The highest BCUT2D eigenvalue weighted by molar-refractivity contribution is 9.10. The van der Waals surface area contributed by atoms with E-state index in [4.69, 9.17) is 9.47 Å². The van der Waals surface area contributed by atoms with E-state index in [0.29, 0.717) is 36.3 Å². The predicted molar refractivity (Wildman–Crippen MR) is 102 cm³/mol. The quantitative estimate of drug-likeness (QED) is 0.692. The maximum absolute atomic E-state index is 12.6. The molecular weight excluding hydrogens is 440 g/mol. The van der Waals surface area contributed by atoms with Gasteiger partial charge < -0.3 is 19.5 Å². The third-order valence-corrected chi connectivity index (χ3v) is 5.61. The molecule has 8 nitrogen and oxygen atoms in total. The van der Waals surface area contributed by atoms with Gasteiger partial charge in [0.2, 0.25) is 5.91 Å². The first-order chi connectivity index (χ1) is 12.9. The Kier molecular flexibility index (Phi) is 6.08. The SMILES string of the molecule is COc1cc(/C=C2\SC(=O)N(CC(=O)N3CCOCC3)C2=O)cc(Br)c1O. The molecule has 10 heteroatoms. The lowest BCUT2D eigenvalue weighted by Crippen LogP contribution is -2.46. The molecule has 2 saturated heterocycles. The number of hydrogen-bond donors (Lipinski definition) is 1. The summed E-state index contributed by atoms with van der Waals surface area (Å²) >= 11 is 3.99. The van der Waals surface area contributed by atoms with E-state index < -0.39 is 11.1 Å². The number of benzene rings is 1. The number of nitrogens with zero attached hydrogens (tertiary/aromatic N) is 2. The number of imide groups is 1. The van der Waals surface area contributed by atoms with Gasteiger partial charge in [-0.05, 0) is 51.5 Å². The molecule has 1 N–H and O–H groups in total. The van der Waals surface area contributed by atoms with Gasteiger partial charge in [0.1, 0.15) is 6.54 Å². The van der Waals surface area contributed by atoms with Crippen LogP contribution in [0.25, 0.3) is 6.08 Å². The van der Waals surface area contributed by atoms with Crippen LogP contribution in [-0.4, -0.2) is 71.9 Å². The van der Waals surface area contributed by atoms with Crippen LogP contribution in [0.3, 0.4) is 0 Å². The summed E-state index contributed by atoms with van der Waals surface area (Å²) in [7, 11) is 1.41. The molecule has 0 bridgehead atoms. The van der Waals surface area contributed by atoms with Crippen LogP contribution >= 0.6 is 27.7 Å². The Labute approximate surface area is 168 Å². The number of aromatic hydroxyl groups is 1. The maximum Gasteiger partial charge on any atom is 0.294 e. The van der Waals surface area contributed by atoms with E-state index in [1.165, 1.54) is 13.2 Å². The maximum atomic E-state index is 12.6. The molecule has 0 unspecified atom stereocenters. The first-order valence-electron chi connectivity index (χ1n) is 8.08. The highest BCUT2D eigenvalue weighted by atomic mass is 79.9. The van der Waals surface area contributed by atoms with Gasteiger partial charge in [-0.15, -0.1) is 0 Å². The van der Waals surface area contributed by atoms with Gasteiger partial charge in [-0.25, -0.2) is 0 Å². The molecule has 2 fully saturated rings. The van der Waals surface area contributed by atoms with Gasteiger partial charge >= 0.3 is 0 Å². The average molecular weight is 457 g/mol. The van der Waals surface area contributed by atoms with Crippen LogP contribution in [0, 0.1) is 0 Å². The largest absolute Gasteiger partial charge is 0.503 e. The van der Waals surface area contributed by atoms with Crippen molar-refractivity contribution in [2.24, 2.45) is 0 Å². The Morgan fingerprint density at radius 3 is 2.74 bits per heavy atom. The zero-order valence-corrected chi connectivity index (χ0v) is 16.8. The molecule has 0 saturated carbocycles. The van der Waals surface area contributed by atoms with E-state index in [1.807, 2.05) is 0 Å². The zero-order valence-electron chi connectivity index (χ0n) is 14.4. The van der Waals surface area contributed by atoms with Gasteiger partial charge in [0.05, 0.1) is 29.7 Å². The van der Waals surface area contributed by atoms with E-state index >= 15 is 0 Å². The van der Waals surface area contributed by atoms with Crippen molar-refractivity contribution >= 4 is 50.8 Å². The molecule has 2 aliphatic heterocycles. The Balaban J connectivity index is 1.76. The summed E-state index contributed by atoms with van der Waals surface area (Å²) in [5, 5.41) is 9.38. The lowest BCUT2D eigenvalue weighted by atomic mass is 10.2. The van der Waals surface area contributed by atoms with Crippen LogP contribution in [0.5, 0.6) is 11.5 Å². The highest BCUT2D eigenvalue weighted by Gasteiger charge is 2.37. The summed E-state index contributed by atoms with van der Waals surface area (Å²) in [6.45, 7) is 1.51. The Bertz CT molecular complexity index is 822. The van der Waals surface area contributed by atoms with Gasteiger partial charge in [0.25, 0.3) is 11.1 Å². The molecule has 2 aliphatic rings. The standard InChI is InChI=1S/C17H17BrN2O6S/c1-25-12-7-10(6-11(18)15(12)22)8-13-16(23)20(17(24)27-13)9-14(21)19-2-4-26-5-3-19/h6-8,22H,2-5,9H2,1H3/b13-8-. The number of carbonyl (C=O) groups is 3. The minimum Gasteiger partial charge on any atom is -0.503 e. The average Bonchev–Trinajstić information content (AvgIpc) is 2.92. The third kappa shape index (κ3) is 4.28. The van der Waals surface area contributed by atoms with Gasteiger partial charge in [-0.2, -0.15) is 0 Å². The Morgan fingerprint density at radius 1 is 1.37 bits per heavy atom. The molecule has 3 amide bonds. The normalized spacial score (nSPS) is 19.1. The first-order valence-corrected chi connectivity index (χ1v) is 9.69. The van der Waals surface area contributed by atoms with Gasteiger partial charge in [0, 0.05) is 13.1 Å². The van der Waals surface area contributed by atoms with Crippen molar-refractivity contribution in [3.63, 3.8) is 0 Å². The van der Waals surface area contributed by atoms with Crippen molar-refractivity contribution in [3.05, 3.63) is 27.1 Å². The van der Waals surface area contributed by atoms with E-state index in [9.17, 15) is 19.5 Å². The second-order valence-corrected chi connectivity index (χ2v) is 7.66. The van der Waals surface area contributed by atoms with E-state index in [2.05, 4.69) is 15.9 Å². The van der Waals surface area contributed by atoms with Crippen LogP contribution in [0.2, 0.25) is 0 Å². The monoisotopic (exact) mass is 456 g/mol. The second kappa shape index (κ2) is 8.32. The van der Waals surface area contributed by atoms with E-state index in [-0.39, 0.29) is 28.9 Å². The van der Waals surface area contributed by atoms with Crippen molar-refractivity contribution in [3.8, 4) is 11.5 Å². The number of rotatable bonds is 4. The first kappa shape index (κ1) is 19.7. The summed E-state index contributed by atoms with van der Waals surface area (Å²) in [5.74, 6) is -0.623. The molecule has 2 heterocycles. The van der Waals surface area contributed by atoms with Crippen molar-refractivity contribution in [1.29, 1.82) is 0 Å². The van der Waals surface area contributed by atoms with Crippen molar-refractivity contribution in [2.75, 3.05) is 40.0 Å². The van der Waals surface area contributed by atoms with Crippen LogP contribution in [0.1, 0.15) is 5.56 Å². The summed E-state index contributed by atoms with van der Waals surface area (Å²) in [4.78, 5) is 39.8. The summed E-state index contributed by atoms with van der Waals surface area (Å²) in [6.07, 6.45) is 1.52. The highest BCUT2D eigenvalue weighted by Crippen LogP contribution is 2.38. The minimum absolute atomic E-state index is 0.0566. The molecule has 0 aliphatic carbocycles. The number of amides is 3. The molecule has 144 valence electrons. The number of thioether (sulfide) groups is 1. The van der Waals surface area contributed by atoms with Gasteiger partial charge in [0.15, 0.2) is 11.5 Å². The molecule has 0 aromatic heterocycles. The number of phenolic OH excluding ortho intramolecular Hbond substituents is 1. The Hall–Kier alpha value is -2.04. The van der Waals surface area contributed by atoms with Crippen molar-refractivity contribution in [2.45, 2.75) is 0 Å². The third-order valence-electron chi connectivity index (χ3n) is 4.10. The number of carbonyl (C=O) groups excluding carboxylic acids is 3. The molecule has 1 aromatic rings. The summed E-state index contributed by atoms with van der Waals surface area (Å²) in [5.41, 5.74) is 0.571. The van der Waals surface area contributed by atoms with Gasteiger partial charge in [-0.1, -0.05) is 0 Å². The van der Waals surface area contributed by atoms with E-state index in [0.717, 1.165) is 16.7 Å². The second-order valence-electron chi connectivity index (χ2n) is 5.81. The zero-order chi connectivity index (χ0) is 19.6. The summed E-state index contributed by atoms with van der Waals surface area (Å²) in [6, 6.07) is 3.15.